The minimum atomic E-state index is -0.0624. The standard InChI is InChI=1S/C12H19N3O3/c1-3-17-12(16)10-4-6-15(7-5-10)8-11-13-9(2)18-14-11/h10H,3-8H2,1-2H3. The number of hydrogen-bond donors (Lipinski definition) is 0. The average molecular weight is 253 g/mol. The Balaban J connectivity index is 1.78. The molecule has 0 saturated carbocycles. The SMILES string of the molecule is CCOC(=O)C1CCN(Cc2noc(C)n2)CC1. The van der Waals surface area contributed by atoms with Crippen LogP contribution in [0.25, 0.3) is 0 Å². The van der Waals surface area contributed by atoms with E-state index in [9.17, 15) is 4.79 Å². The Kier molecular flexibility index (Phi) is 4.30. The molecule has 0 radical (unpaired) electrons. The van der Waals surface area contributed by atoms with Gasteiger partial charge in [-0.3, -0.25) is 9.69 Å². The molecule has 1 fully saturated rings. The number of carbonyl (C=O) groups is 1. The van der Waals surface area contributed by atoms with E-state index in [4.69, 9.17) is 9.26 Å². The second-order valence-electron chi connectivity index (χ2n) is 4.53. The van der Waals surface area contributed by atoms with Crippen LogP contribution in [0.1, 0.15) is 31.5 Å². The van der Waals surface area contributed by atoms with Gasteiger partial charge in [0.1, 0.15) is 0 Å². The van der Waals surface area contributed by atoms with Gasteiger partial charge in [-0.2, -0.15) is 4.98 Å². The molecular weight excluding hydrogens is 234 g/mol. The van der Waals surface area contributed by atoms with Crippen LogP contribution < -0.4 is 0 Å². The van der Waals surface area contributed by atoms with Gasteiger partial charge in [-0.15, -0.1) is 0 Å². The van der Waals surface area contributed by atoms with E-state index in [-0.39, 0.29) is 11.9 Å². The van der Waals surface area contributed by atoms with Gasteiger partial charge in [0.15, 0.2) is 5.82 Å². The molecule has 2 rings (SSSR count). The predicted octanol–water partition coefficient (Wildman–Crippen LogP) is 1.15. The molecule has 100 valence electrons. The highest BCUT2D eigenvalue weighted by Crippen LogP contribution is 2.19. The van der Waals surface area contributed by atoms with E-state index in [1.807, 2.05) is 6.92 Å². The Morgan fingerprint density at radius 1 is 1.50 bits per heavy atom. The van der Waals surface area contributed by atoms with Gasteiger partial charge in [0, 0.05) is 6.92 Å². The van der Waals surface area contributed by atoms with E-state index >= 15 is 0 Å². The molecule has 1 saturated heterocycles. The first-order valence-corrected chi connectivity index (χ1v) is 6.37. The fourth-order valence-electron chi connectivity index (χ4n) is 2.19. The Morgan fingerprint density at radius 3 is 2.78 bits per heavy atom. The summed E-state index contributed by atoms with van der Waals surface area (Å²) in [6, 6.07) is 0. The van der Waals surface area contributed by atoms with Crippen LogP contribution in [0.3, 0.4) is 0 Å². The van der Waals surface area contributed by atoms with Crippen molar-refractivity contribution in [2.75, 3.05) is 19.7 Å². The number of hydrogen-bond acceptors (Lipinski definition) is 6. The van der Waals surface area contributed by atoms with Crippen LogP contribution in [-0.2, 0) is 16.1 Å². The lowest BCUT2D eigenvalue weighted by molar-refractivity contribution is -0.149. The van der Waals surface area contributed by atoms with Gasteiger partial charge >= 0.3 is 5.97 Å². The Morgan fingerprint density at radius 2 is 2.22 bits per heavy atom. The second-order valence-corrected chi connectivity index (χ2v) is 4.53. The van der Waals surface area contributed by atoms with Crippen LogP contribution in [0.5, 0.6) is 0 Å². The molecule has 0 aliphatic carbocycles. The van der Waals surface area contributed by atoms with E-state index in [1.54, 1.807) is 6.92 Å². The van der Waals surface area contributed by atoms with Gasteiger partial charge in [-0.25, -0.2) is 0 Å². The van der Waals surface area contributed by atoms with E-state index in [0.29, 0.717) is 24.9 Å². The summed E-state index contributed by atoms with van der Waals surface area (Å²) in [6.07, 6.45) is 1.69. The highest BCUT2D eigenvalue weighted by atomic mass is 16.5. The zero-order valence-corrected chi connectivity index (χ0v) is 10.9. The molecule has 1 aliphatic heterocycles. The zero-order chi connectivity index (χ0) is 13.0. The van der Waals surface area contributed by atoms with Crippen molar-refractivity contribution >= 4 is 5.97 Å². The molecule has 6 heteroatoms. The third-order valence-electron chi connectivity index (χ3n) is 3.14. The van der Waals surface area contributed by atoms with Gasteiger partial charge in [0.25, 0.3) is 0 Å². The molecule has 0 unspecified atom stereocenters. The topological polar surface area (TPSA) is 68.5 Å². The zero-order valence-electron chi connectivity index (χ0n) is 10.9. The van der Waals surface area contributed by atoms with Crippen molar-refractivity contribution in [3.05, 3.63) is 11.7 Å². The average Bonchev–Trinajstić information content (AvgIpc) is 2.76. The van der Waals surface area contributed by atoms with Crippen molar-refractivity contribution in [3.8, 4) is 0 Å². The lowest BCUT2D eigenvalue weighted by Gasteiger charge is -2.29. The van der Waals surface area contributed by atoms with E-state index in [2.05, 4.69) is 15.0 Å². The molecule has 0 aromatic carbocycles. The summed E-state index contributed by atoms with van der Waals surface area (Å²) in [7, 11) is 0. The fraction of sp³-hybridized carbons (Fsp3) is 0.750. The van der Waals surface area contributed by atoms with Crippen molar-refractivity contribution in [3.63, 3.8) is 0 Å². The number of likely N-dealkylation sites (tertiary alicyclic amines) is 1. The van der Waals surface area contributed by atoms with Crippen molar-refractivity contribution in [2.45, 2.75) is 33.2 Å². The maximum absolute atomic E-state index is 11.6. The van der Waals surface area contributed by atoms with Gasteiger partial charge in [-0.05, 0) is 32.9 Å². The van der Waals surface area contributed by atoms with Crippen LogP contribution in [-0.4, -0.2) is 40.7 Å². The predicted molar refractivity (Wildman–Crippen MR) is 63.7 cm³/mol. The summed E-state index contributed by atoms with van der Waals surface area (Å²) < 4.78 is 9.98. The number of piperidine rings is 1. The monoisotopic (exact) mass is 253 g/mol. The number of esters is 1. The van der Waals surface area contributed by atoms with Crippen LogP contribution in [0.4, 0.5) is 0 Å². The summed E-state index contributed by atoms with van der Waals surface area (Å²) in [5.41, 5.74) is 0. The third-order valence-corrected chi connectivity index (χ3v) is 3.14. The molecule has 1 aromatic rings. The second kappa shape index (κ2) is 5.95. The minimum absolute atomic E-state index is 0.0493. The Bertz CT molecular complexity index is 397. The molecule has 0 amide bonds. The molecule has 0 N–H and O–H groups in total. The molecule has 2 heterocycles. The van der Waals surface area contributed by atoms with Crippen molar-refractivity contribution < 1.29 is 14.1 Å². The molecule has 0 spiro atoms. The molecule has 18 heavy (non-hydrogen) atoms. The highest BCUT2D eigenvalue weighted by molar-refractivity contribution is 5.72. The van der Waals surface area contributed by atoms with Crippen LogP contribution in [0.15, 0.2) is 4.52 Å². The molecule has 0 atom stereocenters. The highest BCUT2D eigenvalue weighted by Gasteiger charge is 2.26. The molecule has 6 nitrogen and oxygen atoms in total. The van der Waals surface area contributed by atoms with Gasteiger partial charge in [-0.1, -0.05) is 5.16 Å². The summed E-state index contributed by atoms with van der Waals surface area (Å²) in [5, 5.41) is 3.87. The van der Waals surface area contributed by atoms with Crippen molar-refractivity contribution in [1.29, 1.82) is 0 Å². The molecule has 1 aromatic heterocycles. The largest absolute Gasteiger partial charge is 0.466 e. The lowest BCUT2D eigenvalue weighted by Crippen LogP contribution is -2.36. The maximum Gasteiger partial charge on any atom is 0.309 e. The first kappa shape index (κ1) is 13.0. The quantitative estimate of drug-likeness (QED) is 0.750. The Labute approximate surface area is 106 Å². The number of ether oxygens (including phenoxy) is 1. The van der Waals surface area contributed by atoms with Crippen LogP contribution >= 0.6 is 0 Å². The number of aryl methyl sites for hydroxylation is 1. The lowest BCUT2D eigenvalue weighted by atomic mass is 9.97. The van der Waals surface area contributed by atoms with Gasteiger partial charge in [0.05, 0.1) is 19.1 Å². The summed E-state index contributed by atoms with van der Waals surface area (Å²) in [4.78, 5) is 18.0. The van der Waals surface area contributed by atoms with E-state index in [1.165, 1.54) is 0 Å². The van der Waals surface area contributed by atoms with Crippen molar-refractivity contribution in [1.82, 2.24) is 15.0 Å². The van der Waals surface area contributed by atoms with Crippen molar-refractivity contribution in [2.24, 2.45) is 5.92 Å². The van der Waals surface area contributed by atoms with Gasteiger partial charge < -0.3 is 9.26 Å². The fourth-order valence-corrected chi connectivity index (χ4v) is 2.19. The summed E-state index contributed by atoms with van der Waals surface area (Å²) in [6.45, 7) is 6.51. The van der Waals surface area contributed by atoms with Crippen LogP contribution in [0, 0.1) is 12.8 Å². The first-order chi connectivity index (χ1) is 8.69. The number of rotatable bonds is 4. The number of nitrogens with zero attached hydrogens (tertiary/aromatic N) is 3. The maximum atomic E-state index is 11.6. The van der Waals surface area contributed by atoms with Gasteiger partial charge in [0.2, 0.25) is 5.89 Å². The smallest absolute Gasteiger partial charge is 0.309 e. The summed E-state index contributed by atoms with van der Waals surface area (Å²) in [5.74, 6) is 1.29. The number of carbonyl (C=O) groups excluding carboxylic acids is 1. The molecular formula is C12H19N3O3. The first-order valence-electron chi connectivity index (χ1n) is 6.37. The van der Waals surface area contributed by atoms with Crippen LogP contribution in [0.2, 0.25) is 0 Å². The molecule has 0 bridgehead atoms. The normalized spacial score (nSPS) is 17.9. The Hall–Kier alpha value is -1.43. The van der Waals surface area contributed by atoms with E-state index in [0.717, 1.165) is 25.9 Å². The van der Waals surface area contributed by atoms with E-state index < -0.39 is 0 Å². The number of aromatic nitrogens is 2. The summed E-state index contributed by atoms with van der Waals surface area (Å²) >= 11 is 0. The third kappa shape index (κ3) is 3.29. The molecule has 1 aliphatic rings. The minimum Gasteiger partial charge on any atom is -0.466 e.